The number of carbonyl (C=O) groups is 1. The van der Waals surface area contributed by atoms with E-state index >= 15 is 0 Å². The van der Waals surface area contributed by atoms with Gasteiger partial charge >= 0.3 is 0 Å². The number of hydrogen-bond acceptors (Lipinski definition) is 6. The first-order valence-corrected chi connectivity index (χ1v) is 8.27. The zero-order valence-electron chi connectivity index (χ0n) is 15.3. The van der Waals surface area contributed by atoms with Gasteiger partial charge in [0.1, 0.15) is 11.3 Å². The highest BCUT2D eigenvalue weighted by Crippen LogP contribution is 2.26. The predicted molar refractivity (Wildman–Crippen MR) is 106 cm³/mol. The van der Waals surface area contributed by atoms with Crippen molar-refractivity contribution < 1.29 is 9.53 Å². The molecule has 0 aliphatic rings. The summed E-state index contributed by atoms with van der Waals surface area (Å²) in [5.41, 5.74) is 8.39. The quantitative estimate of drug-likeness (QED) is 0.484. The van der Waals surface area contributed by atoms with Gasteiger partial charge in [0.2, 0.25) is 5.96 Å². The third-order valence-electron chi connectivity index (χ3n) is 3.99. The molecule has 0 unspecified atom stereocenters. The summed E-state index contributed by atoms with van der Waals surface area (Å²) >= 11 is 0. The molecule has 8 nitrogen and oxygen atoms in total. The number of guanidine groups is 1. The maximum absolute atomic E-state index is 12.4. The number of ether oxygens (including phenoxy) is 1. The molecule has 1 amide bonds. The molecule has 27 heavy (non-hydrogen) atoms. The van der Waals surface area contributed by atoms with Crippen molar-refractivity contribution in [2.45, 2.75) is 6.92 Å². The van der Waals surface area contributed by atoms with E-state index in [4.69, 9.17) is 10.5 Å². The highest BCUT2D eigenvalue weighted by molar-refractivity contribution is 6.08. The molecule has 0 bridgehead atoms. The number of aliphatic imine (C=N–C) groups is 1. The van der Waals surface area contributed by atoms with Crippen molar-refractivity contribution in [2.75, 3.05) is 19.5 Å². The number of aromatic nitrogens is 2. The Kier molecular flexibility index (Phi) is 5.16. The zero-order valence-corrected chi connectivity index (χ0v) is 15.3. The van der Waals surface area contributed by atoms with Crippen LogP contribution < -0.4 is 21.1 Å². The SMILES string of the molecule is CNc1ccccc1C(=O)N/C(N)=N\c1nc(C)c2cccc(OC)c2n1. The van der Waals surface area contributed by atoms with Crippen molar-refractivity contribution in [3.8, 4) is 5.75 Å². The number of anilines is 1. The molecule has 2 aromatic carbocycles. The Morgan fingerprint density at radius 2 is 1.93 bits per heavy atom. The first-order valence-electron chi connectivity index (χ1n) is 8.27. The molecule has 1 aromatic heterocycles. The lowest BCUT2D eigenvalue weighted by molar-refractivity contribution is 0.0977. The third-order valence-corrected chi connectivity index (χ3v) is 3.99. The molecule has 0 spiro atoms. The Hall–Kier alpha value is -3.68. The van der Waals surface area contributed by atoms with Gasteiger partial charge in [-0.05, 0) is 25.1 Å². The van der Waals surface area contributed by atoms with Crippen LogP contribution >= 0.6 is 0 Å². The maximum atomic E-state index is 12.4. The number of hydrogen-bond donors (Lipinski definition) is 3. The molecule has 4 N–H and O–H groups in total. The second-order valence-corrected chi connectivity index (χ2v) is 5.71. The lowest BCUT2D eigenvalue weighted by atomic mass is 10.1. The van der Waals surface area contributed by atoms with Gasteiger partial charge in [0.05, 0.1) is 18.4 Å². The van der Waals surface area contributed by atoms with E-state index in [1.165, 1.54) is 0 Å². The van der Waals surface area contributed by atoms with E-state index in [1.807, 2.05) is 31.2 Å². The summed E-state index contributed by atoms with van der Waals surface area (Å²) in [5.74, 6) is 0.278. The van der Waals surface area contributed by atoms with Gasteiger partial charge in [0, 0.05) is 18.1 Å². The standard InChI is InChI=1S/C19H20N6O2/c1-11-12-8-6-10-15(27-3)16(12)23-19(22-11)25-18(20)24-17(26)13-7-4-5-9-14(13)21-2/h4-10,21H,1-3H3,(H3,20,22,23,24,25,26). The Balaban J connectivity index is 1.91. The van der Waals surface area contributed by atoms with Crippen LogP contribution in [0.2, 0.25) is 0 Å². The summed E-state index contributed by atoms with van der Waals surface area (Å²) < 4.78 is 5.34. The fourth-order valence-corrected chi connectivity index (χ4v) is 2.70. The van der Waals surface area contributed by atoms with Crippen LogP contribution in [0.1, 0.15) is 16.1 Å². The molecule has 3 rings (SSSR count). The molecule has 8 heteroatoms. The van der Waals surface area contributed by atoms with Crippen LogP contribution in [-0.2, 0) is 0 Å². The lowest BCUT2D eigenvalue weighted by Crippen LogP contribution is -2.36. The second kappa shape index (κ2) is 7.69. The Morgan fingerprint density at radius 1 is 1.15 bits per heavy atom. The first-order chi connectivity index (χ1) is 13.0. The Bertz CT molecular complexity index is 1030. The van der Waals surface area contributed by atoms with Gasteiger partial charge in [-0.3, -0.25) is 10.1 Å². The largest absolute Gasteiger partial charge is 0.494 e. The van der Waals surface area contributed by atoms with Crippen molar-refractivity contribution in [1.82, 2.24) is 15.3 Å². The molecule has 0 aliphatic carbocycles. The van der Waals surface area contributed by atoms with Crippen molar-refractivity contribution in [2.24, 2.45) is 10.7 Å². The van der Waals surface area contributed by atoms with Crippen LogP contribution in [0.4, 0.5) is 11.6 Å². The number of carbonyl (C=O) groups excluding carboxylic acids is 1. The fourth-order valence-electron chi connectivity index (χ4n) is 2.70. The summed E-state index contributed by atoms with van der Waals surface area (Å²) in [6, 6.07) is 12.7. The van der Waals surface area contributed by atoms with E-state index in [2.05, 4.69) is 25.6 Å². The molecule has 0 aliphatic heterocycles. The summed E-state index contributed by atoms with van der Waals surface area (Å²) in [7, 11) is 3.31. The van der Waals surface area contributed by atoms with Gasteiger partial charge in [0.25, 0.3) is 11.9 Å². The van der Waals surface area contributed by atoms with Gasteiger partial charge in [-0.1, -0.05) is 24.3 Å². The zero-order chi connectivity index (χ0) is 19.4. The van der Waals surface area contributed by atoms with Crippen LogP contribution in [0.25, 0.3) is 10.9 Å². The number of methoxy groups -OCH3 is 1. The van der Waals surface area contributed by atoms with Gasteiger partial charge in [-0.2, -0.15) is 4.99 Å². The number of benzene rings is 2. The number of nitrogens with one attached hydrogen (secondary N) is 2. The molecule has 1 heterocycles. The first kappa shape index (κ1) is 18.1. The average molecular weight is 364 g/mol. The van der Waals surface area contributed by atoms with Crippen LogP contribution in [0.3, 0.4) is 0 Å². The summed E-state index contributed by atoms with van der Waals surface area (Å²) in [4.78, 5) is 25.3. The van der Waals surface area contributed by atoms with Crippen molar-refractivity contribution in [3.63, 3.8) is 0 Å². The highest BCUT2D eigenvalue weighted by Gasteiger charge is 2.12. The summed E-state index contributed by atoms with van der Waals surface area (Å²) in [5, 5.41) is 6.37. The van der Waals surface area contributed by atoms with Gasteiger partial charge in [-0.15, -0.1) is 0 Å². The van der Waals surface area contributed by atoms with Gasteiger partial charge in [0.15, 0.2) is 0 Å². The third kappa shape index (κ3) is 3.79. The number of nitrogens with zero attached hydrogens (tertiary/aromatic N) is 3. The minimum atomic E-state index is -0.378. The highest BCUT2D eigenvalue weighted by atomic mass is 16.5. The van der Waals surface area contributed by atoms with E-state index in [9.17, 15) is 4.79 Å². The predicted octanol–water partition coefficient (Wildman–Crippen LogP) is 2.36. The van der Waals surface area contributed by atoms with E-state index in [0.717, 1.165) is 11.1 Å². The Labute approximate surface area is 156 Å². The van der Waals surface area contributed by atoms with E-state index < -0.39 is 0 Å². The molecule has 0 fully saturated rings. The smallest absolute Gasteiger partial charge is 0.260 e. The second-order valence-electron chi connectivity index (χ2n) is 5.71. The van der Waals surface area contributed by atoms with Crippen LogP contribution in [-0.4, -0.2) is 36.0 Å². The number of rotatable bonds is 4. The molecular weight excluding hydrogens is 344 g/mol. The molecule has 0 radical (unpaired) electrons. The normalized spacial score (nSPS) is 11.3. The van der Waals surface area contributed by atoms with Crippen molar-refractivity contribution in [1.29, 1.82) is 0 Å². The van der Waals surface area contributed by atoms with E-state index in [-0.39, 0.29) is 17.8 Å². The van der Waals surface area contributed by atoms with Gasteiger partial charge in [-0.25, -0.2) is 9.97 Å². The molecule has 0 atom stereocenters. The minimum absolute atomic E-state index is 0.0976. The Morgan fingerprint density at radius 3 is 2.67 bits per heavy atom. The van der Waals surface area contributed by atoms with Crippen LogP contribution in [0, 0.1) is 6.92 Å². The molecule has 138 valence electrons. The number of nitrogens with two attached hydrogens (primary N) is 1. The molecule has 0 saturated carbocycles. The topological polar surface area (TPSA) is 115 Å². The van der Waals surface area contributed by atoms with Crippen LogP contribution in [0.5, 0.6) is 5.75 Å². The maximum Gasteiger partial charge on any atom is 0.260 e. The lowest BCUT2D eigenvalue weighted by Gasteiger charge is -2.09. The van der Waals surface area contributed by atoms with E-state index in [0.29, 0.717) is 22.5 Å². The monoisotopic (exact) mass is 364 g/mol. The van der Waals surface area contributed by atoms with Crippen molar-refractivity contribution >= 4 is 34.4 Å². The van der Waals surface area contributed by atoms with E-state index in [1.54, 1.807) is 32.4 Å². The summed E-state index contributed by atoms with van der Waals surface area (Å²) in [6.07, 6.45) is 0. The molecule has 0 saturated heterocycles. The van der Waals surface area contributed by atoms with Crippen molar-refractivity contribution in [3.05, 3.63) is 53.7 Å². The van der Waals surface area contributed by atoms with Crippen LogP contribution in [0.15, 0.2) is 47.5 Å². The molecule has 3 aromatic rings. The fraction of sp³-hybridized carbons (Fsp3) is 0.158. The number of fused-ring (bicyclic) bond motifs is 1. The average Bonchev–Trinajstić information content (AvgIpc) is 2.67. The van der Waals surface area contributed by atoms with Gasteiger partial charge < -0.3 is 15.8 Å². The number of para-hydroxylation sites is 2. The minimum Gasteiger partial charge on any atom is -0.494 e. The molecular formula is C19H20N6O2. The number of amides is 1. The summed E-state index contributed by atoms with van der Waals surface area (Å²) in [6.45, 7) is 1.85. The number of aryl methyl sites for hydroxylation is 1.